The first-order chi connectivity index (χ1) is 10.9. The molecule has 2 N–H and O–H groups in total. The van der Waals surface area contributed by atoms with Gasteiger partial charge in [0, 0.05) is 18.8 Å². The third-order valence-electron chi connectivity index (χ3n) is 3.66. The maximum Gasteiger partial charge on any atom is 0.258 e. The van der Waals surface area contributed by atoms with Crippen molar-refractivity contribution < 1.29 is 14.6 Å². The van der Waals surface area contributed by atoms with E-state index in [1.54, 1.807) is 31.0 Å². The van der Waals surface area contributed by atoms with Crippen molar-refractivity contribution in [3.8, 4) is 5.75 Å². The minimum atomic E-state index is -1.17. The molecule has 0 aliphatic carbocycles. The van der Waals surface area contributed by atoms with Gasteiger partial charge >= 0.3 is 0 Å². The van der Waals surface area contributed by atoms with Crippen LogP contribution in [-0.2, 0) is 23.9 Å². The van der Waals surface area contributed by atoms with Crippen molar-refractivity contribution in [1.29, 1.82) is 0 Å². The van der Waals surface area contributed by atoms with E-state index in [1.807, 2.05) is 24.3 Å². The van der Waals surface area contributed by atoms with Crippen LogP contribution in [0.25, 0.3) is 0 Å². The Hall–Kier alpha value is -2.34. The topological polar surface area (TPSA) is 76.4 Å². The first-order valence-corrected chi connectivity index (χ1v) is 7.60. The maximum atomic E-state index is 11.9. The quantitative estimate of drug-likeness (QED) is 0.809. The van der Waals surface area contributed by atoms with Gasteiger partial charge in [-0.1, -0.05) is 19.1 Å². The minimum Gasteiger partial charge on any atom is -0.484 e. The zero-order valence-electron chi connectivity index (χ0n) is 13.7. The molecule has 6 nitrogen and oxygen atoms in total. The van der Waals surface area contributed by atoms with Crippen molar-refractivity contribution in [3.63, 3.8) is 0 Å². The molecule has 0 saturated heterocycles. The molecule has 23 heavy (non-hydrogen) atoms. The Morgan fingerprint density at radius 2 is 2.09 bits per heavy atom. The Labute approximate surface area is 136 Å². The molecule has 0 aliphatic heterocycles. The molecule has 6 heteroatoms. The van der Waals surface area contributed by atoms with Crippen LogP contribution in [0.5, 0.6) is 5.75 Å². The molecular weight excluding hydrogens is 294 g/mol. The lowest BCUT2D eigenvalue weighted by Gasteiger charge is -2.22. The van der Waals surface area contributed by atoms with Crippen LogP contribution in [0, 0.1) is 0 Å². The second-order valence-electron chi connectivity index (χ2n) is 5.74. The summed E-state index contributed by atoms with van der Waals surface area (Å²) in [5.41, 5.74) is 0.692. The fourth-order valence-electron chi connectivity index (χ4n) is 2.09. The van der Waals surface area contributed by atoms with Crippen molar-refractivity contribution in [2.24, 2.45) is 7.05 Å². The zero-order chi connectivity index (χ0) is 16.9. The molecule has 1 aromatic heterocycles. The molecule has 0 fully saturated rings. The van der Waals surface area contributed by atoms with Gasteiger partial charge in [-0.05, 0) is 31.0 Å². The van der Waals surface area contributed by atoms with E-state index in [9.17, 15) is 9.90 Å². The zero-order valence-corrected chi connectivity index (χ0v) is 13.7. The molecule has 0 spiro atoms. The van der Waals surface area contributed by atoms with Crippen LogP contribution in [0.1, 0.15) is 25.0 Å². The monoisotopic (exact) mass is 317 g/mol. The van der Waals surface area contributed by atoms with Crippen molar-refractivity contribution >= 4 is 5.91 Å². The van der Waals surface area contributed by atoms with E-state index in [0.29, 0.717) is 11.3 Å². The van der Waals surface area contributed by atoms with E-state index in [4.69, 9.17) is 4.74 Å². The Morgan fingerprint density at radius 3 is 2.65 bits per heavy atom. The molecule has 2 rings (SSSR count). The van der Waals surface area contributed by atoms with Gasteiger partial charge in [0.25, 0.3) is 5.91 Å². The SMILES string of the molecule is CCc1ccc(OCC(=O)NCC(C)(O)c2cnn(C)c2)cc1. The maximum absolute atomic E-state index is 11.9. The van der Waals surface area contributed by atoms with Crippen molar-refractivity contribution in [2.75, 3.05) is 13.2 Å². The average molecular weight is 317 g/mol. The summed E-state index contributed by atoms with van der Waals surface area (Å²) in [6.07, 6.45) is 4.26. The van der Waals surface area contributed by atoms with Crippen molar-refractivity contribution in [1.82, 2.24) is 15.1 Å². The van der Waals surface area contributed by atoms with Crippen molar-refractivity contribution in [3.05, 3.63) is 47.8 Å². The molecule has 0 radical (unpaired) electrons. The number of nitrogens with zero attached hydrogens (tertiary/aromatic N) is 2. The van der Waals surface area contributed by atoms with Crippen LogP contribution >= 0.6 is 0 Å². The van der Waals surface area contributed by atoms with Gasteiger partial charge in [0.05, 0.1) is 12.7 Å². The molecule has 124 valence electrons. The van der Waals surface area contributed by atoms with Crippen LogP contribution in [0.15, 0.2) is 36.7 Å². The highest BCUT2D eigenvalue weighted by molar-refractivity contribution is 5.77. The Bertz CT molecular complexity index is 647. The highest BCUT2D eigenvalue weighted by atomic mass is 16.5. The normalized spacial score (nSPS) is 13.4. The third kappa shape index (κ3) is 4.82. The van der Waals surface area contributed by atoms with Gasteiger partial charge in [0.1, 0.15) is 11.4 Å². The van der Waals surface area contributed by atoms with Gasteiger partial charge in [-0.3, -0.25) is 9.48 Å². The van der Waals surface area contributed by atoms with Gasteiger partial charge in [-0.15, -0.1) is 0 Å². The number of nitrogens with one attached hydrogen (secondary N) is 1. The number of aryl methyl sites for hydroxylation is 2. The molecule has 2 aromatic rings. The van der Waals surface area contributed by atoms with Gasteiger partial charge in [0.15, 0.2) is 6.61 Å². The first-order valence-electron chi connectivity index (χ1n) is 7.60. The second-order valence-corrected chi connectivity index (χ2v) is 5.74. The lowest BCUT2D eigenvalue weighted by atomic mass is 10.00. The summed E-state index contributed by atoms with van der Waals surface area (Å²) >= 11 is 0. The molecule has 1 unspecified atom stereocenters. The van der Waals surface area contributed by atoms with Crippen LogP contribution in [-0.4, -0.2) is 33.9 Å². The molecule has 1 amide bonds. The summed E-state index contributed by atoms with van der Waals surface area (Å²) < 4.78 is 7.04. The predicted molar refractivity (Wildman–Crippen MR) is 87.1 cm³/mol. The van der Waals surface area contributed by atoms with Gasteiger partial charge in [-0.25, -0.2) is 0 Å². The number of benzene rings is 1. The average Bonchev–Trinajstić information content (AvgIpc) is 2.99. The van der Waals surface area contributed by atoms with E-state index >= 15 is 0 Å². The first kappa shape index (κ1) is 17.0. The molecular formula is C17H23N3O3. The number of ether oxygens (including phenoxy) is 1. The fraction of sp³-hybridized carbons (Fsp3) is 0.412. The van der Waals surface area contributed by atoms with E-state index in [-0.39, 0.29) is 19.1 Å². The van der Waals surface area contributed by atoms with Crippen LogP contribution in [0.2, 0.25) is 0 Å². The summed E-state index contributed by atoms with van der Waals surface area (Å²) in [7, 11) is 1.77. The molecule has 0 aliphatic rings. The lowest BCUT2D eigenvalue weighted by molar-refractivity contribution is -0.124. The molecule has 1 aromatic carbocycles. The predicted octanol–water partition coefficient (Wildman–Crippen LogP) is 1.39. The highest BCUT2D eigenvalue weighted by Crippen LogP contribution is 2.18. The van der Waals surface area contributed by atoms with E-state index in [1.165, 1.54) is 5.56 Å². The number of hydrogen-bond acceptors (Lipinski definition) is 4. The largest absolute Gasteiger partial charge is 0.484 e. The molecule has 0 bridgehead atoms. The van der Waals surface area contributed by atoms with Gasteiger partial charge in [0.2, 0.25) is 0 Å². The Balaban J connectivity index is 1.80. The lowest BCUT2D eigenvalue weighted by Crippen LogP contribution is -2.40. The third-order valence-corrected chi connectivity index (χ3v) is 3.66. The number of carbonyl (C=O) groups excluding carboxylic acids is 1. The summed E-state index contributed by atoms with van der Waals surface area (Å²) in [6, 6.07) is 7.64. The van der Waals surface area contributed by atoms with Crippen LogP contribution < -0.4 is 10.1 Å². The van der Waals surface area contributed by atoms with E-state index < -0.39 is 5.60 Å². The number of hydrogen-bond donors (Lipinski definition) is 2. The van der Waals surface area contributed by atoms with Crippen molar-refractivity contribution in [2.45, 2.75) is 25.9 Å². The van der Waals surface area contributed by atoms with E-state index in [2.05, 4.69) is 17.3 Å². The summed E-state index contributed by atoms with van der Waals surface area (Å²) in [5, 5.41) is 17.1. The summed E-state index contributed by atoms with van der Waals surface area (Å²) in [6.45, 7) is 3.72. The molecule has 0 saturated carbocycles. The smallest absolute Gasteiger partial charge is 0.258 e. The highest BCUT2D eigenvalue weighted by Gasteiger charge is 2.25. The second kappa shape index (κ2) is 7.28. The number of rotatable bonds is 7. The number of carbonyl (C=O) groups is 1. The van der Waals surface area contributed by atoms with Gasteiger partial charge < -0.3 is 15.2 Å². The minimum absolute atomic E-state index is 0.0887. The standard InChI is InChI=1S/C17H23N3O3/c1-4-13-5-7-15(8-6-13)23-11-16(21)18-12-17(2,22)14-9-19-20(3)10-14/h5-10,22H,4,11-12H2,1-3H3,(H,18,21). The molecule has 1 atom stereocenters. The molecule has 1 heterocycles. The Kier molecular flexibility index (Phi) is 5.39. The van der Waals surface area contributed by atoms with Gasteiger partial charge in [-0.2, -0.15) is 5.10 Å². The summed E-state index contributed by atoms with van der Waals surface area (Å²) in [4.78, 5) is 11.9. The summed E-state index contributed by atoms with van der Waals surface area (Å²) in [5.74, 6) is 0.366. The number of amides is 1. The van der Waals surface area contributed by atoms with Crippen LogP contribution in [0.3, 0.4) is 0 Å². The number of aliphatic hydroxyl groups is 1. The fourth-order valence-corrected chi connectivity index (χ4v) is 2.09. The Morgan fingerprint density at radius 1 is 1.39 bits per heavy atom. The van der Waals surface area contributed by atoms with Crippen LogP contribution in [0.4, 0.5) is 0 Å². The van der Waals surface area contributed by atoms with E-state index in [0.717, 1.165) is 6.42 Å². The number of aromatic nitrogens is 2.